The molecule has 1 atom stereocenters. The molecule has 11 heteroatoms. The van der Waals surface area contributed by atoms with Crippen molar-refractivity contribution in [1.29, 1.82) is 0 Å². The number of nitrogens with zero attached hydrogens (tertiary/aromatic N) is 4. The van der Waals surface area contributed by atoms with Crippen molar-refractivity contribution in [1.82, 2.24) is 24.8 Å². The van der Waals surface area contributed by atoms with Crippen molar-refractivity contribution >= 4 is 17.7 Å². The molecular formula is C29H38F3N7O. The topological polar surface area (TPSA) is 87.1 Å². The Hall–Kier alpha value is -3.60. The fourth-order valence-electron chi connectivity index (χ4n) is 4.89. The minimum atomic E-state index is -4.39. The number of carbonyl (C=O) groups excluding carboxylic acids is 1. The summed E-state index contributed by atoms with van der Waals surface area (Å²) in [6, 6.07) is 9.94. The molecule has 0 saturated heterocycles. The second kappa shape index (κ2) is 13.6. The van der Waals surface area contributed by atoms with Gasteiger partial charge < -0.3 is 25.4 Å². The lowest BCUT2D eigenvalue weighted by Crippen LogP contribution is -2.41. The molecule has 1 fully saturated rings. The molecule has 2 aromatic heterocycles. The van der Waals surface area contributed by atoms with Crippen LogP contribution in [-0.4, -0.2) is 58.6 Å². The van der Waals surface area contributed by atoms with Gasteiger partial charge >= 0.3 is 6.18 Å². The number of nitrogens with one attached hydrogen (secondary N) is 3. The van der Waals surface area contributed by atoms with Crippen molar-refractivity contribution in [3.63, 3.8) is 0 Å². The molecule has 8 nitrogen and oxygen atoms in total. The van der Waals surface area contributed by atoms with Gasteiger partial charge in [-0.15, -0.1) is 0 Å². The molecule has 0 bridgehead atoms. The van der Waals surface area contributed by atoms with E-state index in [1.807, 2.05) is 49.3 Å². The van der Waals surface area contributed by atoms with Gasteiger partial charge in [-0.1, -0.05) is 44.2 Å². The first-order chi connectivity index (χ1) is 19.2. The summed E-state index contributed by atoms with van der Waals surface area (Å²) in [7, 11) is 3.98. The van der Waals surface area contributed by atoms with Crippen LogP contribution in [0.1, 0.15) is 49.7 Å². The molecule has 2 heterocycles. The van der Waals surface area contributed by atoms with Crippen LogP contribution >= 0.6 is 0 Å². The number of amides is 1. The van der Waals surface area contributed by atoms with Gasteiger partial charge in [-0.3, -0.25) is 4.79 Å². The van der Waals surface area contributed by atoms with Crippen molar-refractivity contribution in [2.75, 3.05) is 37.8 Å². The number of hydrogen-bond donors (Lipinski definition) is 3. The molecule has 0 unspecified atom stereocenters. The summed E-state index contributed by atoms with van der Waals surface area (Å²) in [5.41, 5.74) is -0.112. The van der Waals surface area contributed by atoms with Crippen LogP contribution in [0.3, 0.4) is 0 Å². The first kappa shape index (κ1) is 29.4. The van der Waals surface area contributed by atoms with E-state index in [1.165, 1.54) is 18.6 Å². The predicted octanol–water partition coefficient (Wildman–Crippen LogP) is 5.33. The van der Waals surface area contributed by atoms with Crippen molar-refractivity contribution in [3.8, 4) is 5.82 Å². The average molecular weight is 558 g/mol. The van der Waals surface area contributed by atoms with Gasteiger partial charge in [0.1, 0.15) is 17.7 Å². The van der Waals surface area contributed by atoms with Crippen LogP contribution in [0.25, 0.3) is 5.82 Å². The lowest BCUT2D eigenvalue weighted by atomic mass is 9.84. The Kier molecular flexibility index (Phi) is 10.0. The maximum atomic E-state index is 13.4. The van der Waals surface area contributed by atoms with E-state index in [0.29, 0.717) is 42.0 Å². The van der Waals surface area contributed by atoms with Crippen molar-refractivity contribution < 1.29 is 18.0 Å². The van der Waals surface area contributed by atoms with Crippen LogP contribution in [0.15, 0.2) is 54.9 Å². The van der Waals surface area contributed by atoms with E-state index in [4.69, 9.17) is 0 Å². The maximum Gasteiger partial charge on any atom is 0.416 e. The molecular weight excluding hydrogens is 519 g/mol. The third-order valence-electron chi connectivity index (χ3n) is 7.10. The quantitative estimate of drug-likeness (QED) is 0.279. The standard InChI is InChI=1S/C29H38F3N7O/c1-38(2)17-14-33-28-36-25(19-26(37-28)39-15-6-7-16-39)35-24(18-21-8-4-3-5-9-21)27(40)34-20-22-10-12-23(13-11-22)29(30,31)32/h6-7,10-13,15-16,19,21,24H,3-5,8-9,14,17-18,20H2,1-2H3,(H,34,40)(H2,33,35,36,37)/t24-/m1/s1. The maximum absolute atomic E-state index is 13.4. The number of benzene rings is 1. The molecule has 1 aliphatic carbocycles. The summed E-state index contributed by atoms with van der Waals surface area (Å²) in [6.45, 7) is 1.59. The number of rotatable bonds is 12. The lowest BCUT2D eigenvalue weighted by Gasteiger charge is -2.27. The van der Waals surface area contributed by atoms with Crippen molar-refractivity contribution in [2.24, 2.45) is 5.92 Å². The zero-order valence-corrected chi connectivity index (χ0v) is 23.0. The van der Waals surface area contributed by atoms with E-state index in [0.717, 1.165) is 44.4 Å². The van der Waals surface area contributed by atoms with Crippen molar-refractivity contribution in [3.05, 3.63) is 66.0 Å². The SMILES string of the molecule is CN(C)CCNc1nc(N[C@H](CC2CCCCC2)C(=O)NCc2ccc(C(F)(F)F)cc2)cc(-n2cccc2)n1. The first-order valence-electron chi connectivity index (χ1n) is 13.8. The van der Waals surface area contributed by atoms with E-state index < -0.39 is 17.8 Å². The van der Waals surface area contributed by atoms with Crippen LogP contribution in [0.2, 0.25) is 0 Å². The van der Waals surface area contributed by atoms with E-state index in [-0.39, 0.29) is 12.5 Å². The van der Waals surface area contributed by atoms with Gasteiger partial charge in [-0.2, -0.15) is 23.1 Å². The summed E-state index contributed by atoms with van der Waals surface area (Å²) in [5.74, 6) is 1.84. The smallest absolute Gasteiger partial charge is 0.358 e. The first-order valence-corrected chi connectivity index (χ1v) is 13.8. The van der Waals surface area contributed by atoms with Gasteiger partial charge in [0.15, 0.2) is 0 Å². The molecule has 0 radical (unpaired) electrons. The molecule has 0 spiro atoms. The Labute approximate surface area is 233 Å². The van der Waals surface area contributed by atoms with Crippen LogP contribution in [-0.2, 0) is 17.5 Å². The Bertz CT molecular complexity index is 1210. The van der Waals surface area contributed by atoms with E-state index >= 15 is 0 Å². The normalized spacial score (nSPS) is 15.2. The largest absolute Gasteiger partial charge is 0.416 e. The van der Waals surface area contributed by atoms with Crippen LogP contribution < -0.4 is 16.0 Å². The number of halogens is 3. The second-order valence-corrected chi connectivity index (χ2v) is 10.6. The van der Waals surface area contributed by atoms with E-state index in [1.54, 1.807) is 0 Å². The summed E-state index contributed by atoms with van der Waals surface area (Å²) >= 11 is 0. The Morgan fingerprint density at radius 1 is 1.07 bits per heavy atom. The third-order valence-corrected chi connectivity index (χ3v) is 7.10. The summed E-state index contributed by atoms with van der Waals surface area (Å²) in [6.07, 6.45) is 5.69. The van der Waals surface area contributed by atoms with Crippen LogP contribution in [0, 0.1) is 5.92 Å². The van der Waals surface area contributed by atoms with Gasteiger partial charge in [-0.25, -0.2) is 0 Å². The molecule has 40 heavy (non-hydrogen) atoms. The Morgan fingerprint density at radius 2 is 1.77 bits per heavy atom. The molecule has 3 aromatic rings. The zero-order valence-electron chi connectivity index (χ0n) is 23.0. The number of hydrogen-bond acceptors (Lipinski definition) is 6. The van der Waals surface area contributed by atoms with Gasteiger partial charge in [0, 0.05) is 38.1 Å². The van der Waals surface area contributed by atoms with Crippen LogP contribution in [0.4, 0.5) is 24.9 Å². The minimum absolute atomic E-state index is 0.134. The molecule has 1 saturated carbocycles. The number of anilines is 2. The van der Waals surface area contributed by atoms with E-state index in [2.05, 4.69) is 30.8 Å². The molecule has 1 aliphatic rings. The predicted molar refractivity (Wildman–Crippen MR) is 150 cm³/mol. The number of likely N-dealkylation sites (N-methyl/N-ethyl adjacent to an activating group) is 1. The Morgan fingerprint density at radius 3 is 2.42 bits per heavy atom. The van der Waals surface area contributed by atoms with Crippen molar-refractivity contribution in [2.45, 2.75) is 57.3 Å². The molecule has 216 valence electrons. The highest BCUT2D eigenvalue weighted by Gasteiger charge is 2.30. The van der Waals surface area contributed by atoms with Gasteiger partial charge in [0.2, 0.25) is 11.9 Å². The molecule has 3 N–H and O–H groups in total. The highest BCUT2D eigenvalue weighted by Crippen LogP contribution is 2.30. The fraction of sp³-hybridized carbons (Fsp3) is 0.483. The zero-order chi connectivity index (χ0) is 28.5. The number of alkyl halides is 3. The number of aromatic nitrogens is 3. The summed E-state index contributed by atoms with van der Waals surface area (Å²) in [4.78, 5) is 24.8. The third kappa shape index (κ3) is 8.70. The highest BCUT2D eigenvalue weighted by molar-refractivity contribution is 5.84. The molecule has 0 aliphatic heterocycles. The lowest BCUT2D eigenvalue weighted by molar-refractivity contribution is -0.137. The Balaban J connectivity index is 1.51. The summed E-state index contributed by atoms with van der Waals surface area (Å²) in [5, 5.41) is 9.54. The van der Waals surface area contributed by atoms with E-state index in [9.17, 15) is 18.0 Å². The van der Waals surface area contributed by atoms with Gasteiger partial charge in [0.25, 0.3) is 0 Å². The monoisotopic (exact) mass is 557 g/mol. The summed E-state index contributed by atoms with van der Waals surface area (Å²) < 4.78 is 40.6. The molecule has 1 aromatic carbocycles. The highest BCUT2D eigenvalue weighted by atomic mass is 19.4. The fourth-order valence-corrected chi connectivity index (χ4v) is 4.89. The average Bonchev–Trinajstić information content (AvgIpc) is 3.47. The van der Waals surface area contributed by atoms with Crippen LogP contribution in [0.5, 0.6) is 0 Å². The number of carbonyl (C=O) groups is 1. The van der Waals surface area contributed by atoms with Gasteiger partial charge in [-0.05, 0) is 56.3 Å². The van der Waals surface area contributed by atoms with Gasteiger partial charge in [0.05, 0.1) is 5.56 Å². The minimum Gasteiger partial charge on any atom is -0.358 e. The molecule has 1 amide bonds. The second-order valence-electron chi connectivity index (χ2n) is 10.6. The molecule has 4 rings (SSSR count).